The Labute approximate surface area is 162 Å². The maximum atomic E-state index is 13.1. The van der Waals surface area contributed by atoms with Crippen LogP contribution in [0, 0.1) is 0 Å². The molecule has 0 aromatic heterocycles. The number of amides is 2. The van der Waals surface area contributed by atoms with Crippen LogP contribution in [0.15, 0.2) is 84.5 Å². The summed E-state index contributed by atoms with van der Waals surface area (Å²) in [6.45, 7) is 0.487. The Morgan fingerprint density at radius 2 is 1.61 bits per heavy atom. The zero-order valence-corrected chi connectivity index (χ0v) is 15.1. The van der Waals surface area contributed by atoms with Crippen molar-refractivity contribution in [2.24, 2.45) is 0 Å². The van der Waals surface area contributed by atoms with Crippen molar-refractivity contribution in [3.8, 4) is 5.75 Å². The SMILES string of the molecule is O=C1c2cccc3cccc(c23)C(=O)N1c1cccc(OCC2=CC=CC2)c1. The number of nitrogens with zero attached hydrogens (tertiary/aromatic N) is 1. The summed E-state index contributed by atoms with van der Waals surface area (Å²) in [5.74, 6) is 0.00581. The summed E-state index contributed by atoms with van der Waals surface area (Å²) in [7, 11) is 0. The monoisotopic (exact) mass is 367 g/mol. The van der Waals surface area contributed by atoms with Gasteiger partial charge in [0.1, 0.15) is 12.4 Å². The van der Waals surface area contributed by atoms with Gasteiger partial charge in [-0.05, 0) is 41.6 Å². The summed E-state index contributed by atoms with van der Waals surface area (Å²) in [5.41, 5.74) is 2.79. The van der Waals surface area contributed by atoms with E-state index in [1.807, 2.05) is 42.5 Å². The molecule has 0 saturated carbocycles. The molecule has 0 spiro atoms. The molecule has 0 unspecified atom stereocenters. The third-order valence-corrected chi connectivity index (χ3v) is 5.12. The quantitative estimate of drug-likeness (QED) is 0.616. The number of anilines is 1. The molecule has 0 fully saturated rings. The standard InChI is InChI=1S/C24H17NO3/c26-23-20-12-3-8-17-9-4-13-21(22(17)20)24(27)25(23)18-10-5-11-19(14-18)28-15-16-6-1-2-7-16/h1-6,8-14H,7,15H2. The van der Waals surface area contributed by atoms with Crippen LogP contribution in [0.25, 0.3) is 10.8 Å². The first kappa shape index (κ1) is 16.5. The molecule has 28 heavy (non-hydrogen) atoms. The van der Waals surface area contributed by atoms with Crippen molar-refractivity contribution in [3.05, 3.63) is 95.6 Å². The number of hydrogen-bond acceptors (Lipinski definition) is 3. The van der Waals surface area contributed by atoms with Crippen LogP contribution in [0.4, 0.5) is 5.69 Å². The molecule has 4 nitrogen and oxygen atoms in total. The van der Waals surface area contributed by atoms with E-state index in [9.17, 15) is 9.59 Å². The number of imide groups is 1. The number of allylic oxidation sites excluding steroid dienone is 3. The van der Waals surface area contributed by atoms with Crippen LogP contribution in [0.5, 0.6) is 5.75 Å². The molecule has 2 amide bonds. The fourth-order valence-corrected chi connectivity index (χ4v) is 3.75. The van der Waals surface area contributed by atoms with Gasteiger partial charge in [0.2, 0.25) is 0 Å². The molecular weight excluding hydrogens is 350 g/mol. The van der Waals surface area contributed by atoms with E-state index in [0.29, 0.717) is 29.2 Å². The molecule has 4 heteroatoms. The normalized spacial score (nSPS) is 15.3. The van der Waals surface area contributed by atoms with E-state index in [2.05, 4.69) is 6.08 Å². The summed E-state index contributed by atoms with van der Waals surface area (Å²) in [5, 5.41) is 1.62. The highest BCUT2D eigenvalue weighted by atomic mass is 16.5. The Bertz CT molecular complexity index is 1140. The first-order valence-corrected chi connectivity index (χ1v) is 9.20. The second-order valence-corrected chi connectivity index (χ2v) is 6.90. The second-order valence-electron chi connectivity index (χ2n) is 6.90. The van der Waals surface area contributed by atoms with Crippen LogP contribution in [-0.4, -0.2) is 18.4 Å². The van der Waals surface area contributed by atoms with Crippen LogP contribution >= 0.6 is 0 Å². The van der Waals surface area contributed by atoms with E-state index in [1.165, 1.54) is 10.5 Å². The molecule has 0 N–H and O–H groups in total. The van der Waals surface area contributed by atoms with E-state index in [4.69, 9.17) is 4.74 Å². The number of carbonyl (C=O) groups is 2. The van der Waals surface area contributed by atoms with Gasteiger partial charge in [-0.2, -0.15) is 0 Å². The Balaban J connectivity index is 1.51. The highest BCUT2D eigenvalue weighted by Crippen LogP contribution is 2.33. The lowest BCUT2D eigenvalue weighted by atomic mass is 9.94. The number of hydrogen-bond donors (Lipinski definition) is 0. The van der Waals surface area contributed by atoms with Gasteiger partial charge in [0.05, 0.1) is 5.69 Å². The average molecular weight is 367 g/mol. The Hall–Kier alpha value is -3.66. The minimum atomic E-state index is -0.311. The summed E-state index contributed by atoms with van der Waals surface area (Å²) in [6, 6.07) is 18.2. The van der Waals surface area contributed by atoms with Crippen molar-refractivity contribution >= 4 is 28.3 Å². The third kappa shape index (κ3) is 2.62. The topological polar surface area (TPSA) is 46.6 Å². The molecule has 0 bridgehead atoms. The van der Waals surface area contributed by atoms with Gasteiger partial charge in [-0.15, -0.1) is 0 Å². The molecule has 1 aliphatic carbocycles. The zero-order valence-electron chi connectivity index (χ0n) is 15.1. The number of ether oxygens (including phenoxy) is 1. The van der Waals surface area contributed by atoms with E-state index in [-0.39, 0.29) is 11.8 Å². The summed E-state index contributed by atoms with van der Waals surface area (Å²) in [6.07, 6.45) is 7.03. The van der Waals surface area contributed by atoms with Gasteiger partial charge < -0.3 is 4.74 Å². The lowest BCUT2D eigenvalue weighted by molar-refractivity contribution is 0.0893. The molecule has 136 valence electrons. The van der Waals surface area contributed by atoms with Crippen molar-refractivity contribution in [1.29, 1.82) is 0 Å². The van der Waals surface area contributed by atoms with Crippen LogP contribution in [0.1, 0.15) is 27.1 Å². The molecular formula is C24H17NO3. The van der Waals surface area contributed by atoms with E-state index in [1.54, 1.807) is 30.3 Å². The summed E-state index contributed by atoms with van der Waals surface area (Å²) >= 11 is 0. The minimum absolute atomic E-state index is 0.311. The van der Waals surface area contributed by atoms with Gasteiger partial charge in [0, 0.05) is 22.6 Å². The lowest BCUT2D eigenvalue weighted by Gasteiger charge is -2.27. The van der Waals surface area contributed by atoms with E-state index >= 15 is 0 Å². The van der Waals surface area contributed by atoms with E-state index in [0.717, 1.165) is 17.2 Å². The average Bonchev–Trinajstić information content (AvgIpc) is 3.24. The summed E-state index contributed by atoms with van der Waals surface area (Å²) < 4.78 is 5.86. The Kier molecular flexibility index (Phi) is 3.83. The fourth-order valence-electron chi connectivity index (χ4n) is 3.75. The highest BCUT2D eigenvalue weighted by molar-refractivity contribution is 6.35. The maximum Gasteiger partial charge on any atom is 0.265 e. The largest absolute Gasteiger partial charge is 0.489 e. The van der Waals surface area contributed by atoms with Gasteiger partial charge in [0.25, 0.3) is 11.8 Å². The van der Waals surface area contributed by atoms with Crippen LogP contribution in [0.3, 0.4) is 0 Å². The number of rotatable bonds is 4. The Morgan fingerprint density at radius 1 is 0.893 bits per heavy atom. The molecule has 0 atom stereocenters. The number of benzene rings is 3. The van der Waals surface area contributed by atoms with E-state index < -0.39 is 0 Å². The van der Waals surface area contributed by atoms with Crippen molar-refractivity contribution in [3.63, 3.8) is 0 Å². The maximum absolute atomic E-state index is 13.1. The molecule has 3 aromatic carbocycles. The molecule has 5 rings (SSSR count). The lowest BCUT2D eigenvalue weighted by Crippen LogP contribution is -2.40. The first-order chi connectivity index (χ1) is 13.7. The molecule has 3 aromatic rings. The molecule has 0 saturated heterocycles. The van der Waals surface area contributed by atoms with Crippen molar-refractivity contribution < 1.29 is 14.3 Å². The predicted octanol–water partition coefficient (Wildman–Crippen LogP) is 4.91. The molecule has 0 radical (unpaired) electrons. The smallest absolute Gasteiger partial charge is 0.265 e. The fraction of sp³-hybridized carbons (Fsp3) is 0.0833. The third-order valence-electron chi connectivity index (χ3n) is 5.12. The zero-order chi connectivity index (χ0) is 19.1. The number of carbonyl (C=O) groups excluding carboxylic acids is 2. The van der Waals surface area contributed by atoms with Crippen molar-refractivity contribution in [2.75, 3.05) is 11.5 Å². The van der Waals surface area contributed by atoms with Crippen LogP contribution in [-0.2, 0) is 0 Å². The minimum Gasteiger partial charge on any atom is -0.489 e. The predicted molar refractivity (Wildman–Crippen MR) is 109 cm³/mol. The summed E-state index contributed by atoms with van der Waals surface area (Å²) in [4.78, 5) is 27.5. The van der Waals surface area contributed by atoms with Gasteiger partial charge in [-0.1, -0.05) is 48.6 Å². The van der Waals surface area contributed by atoms with Gasteiger partial charge in [-0.25, -0.2) is 4.90 Å². The van der Waals surface area contributed by atoms with Gasteiger partial charge in [-0.3, -0.25) is 9.59 Å². The molecule has 1 aliphatic heterocycles. The van der Waals surface area contributed by atoms with Crippen LogP contribution in [0.2, 0.25) is 0 Å². The Morgan fingerprint density at radius 3 is 2.29 bits per heavy atom. The highest BCUT2D eigenvalue weighted by Gasteiger charge is 2.33. The molecule has 1 heterocycles. The second kappa shape index (κ2) is 6.50. The van der Waals surface area contributed by atoms with Crippen LogP contribution < -0.4 is 9.64 Å². The van der Waals surface area contributed by atoms with Crippen molar-refractivity contribution in [1.82, 2.24) is 0 Å². The first-order valence-electron chi connectivity index (χ1n) is 9.20. The molecule has 2 aliphatic rings. The van der Waals surface area contributed by atoms with Gasteiger partial charge >= 0.3 is 0 Å². The van der Waals surface area contributed by atoms with Crippen molar-refractivity contribution in [2.45, 2.75) is 6.42 Å². The van der Waals surface area contributed by atoms with Gasteiger partial charge in [0.15, 0.2) is 0 Å².